The van der Waals surface area contributed by atoms with Crippen LogP contribution in [0.2, 0.25) is 0 Å². The summed E-state index contributed by atoms with van der Waals surface area (Å²) in [6.07, 6.45) is 1.90. The van der Waals surface area contributed by atoms with Gasteiger partial charge in [-0.05, 0) is 39.0 Å². The van der Waals surface area contributed by atoms with Gasteiger partial charge in [0, 0.05) is 57.3 Å². The molecule has 1 fully saturated rings. The molecule has 0 N–H and O–H groups in total. The lowest BCUT2D eigenvalue weighted by Crippen LogP contribution is -2.38. The van der Waals surface area contributed by atoms with E-state index in [1.165, 1.54) is 11.4 Å². The zero-order valence-electron chi connectivity index (χ0n) is 15.9. The van der Waals surface area contributed by atoms with Crippen LogP contribution in [0.4, 0.5) is 5.69 Å². The highest BCUT2D eigenvalue weighted by Crippen LogP contribution is 2.25. The highest BCUT2D eigenvalue weighted by molar-refractivity contribution is 5.47. The van der Waals surface area contributed by atoms with Crippen molar-refractivity contribution in [2.24, 2.45) is 0 Å². The number of pyridine rings is 1. The lowest BCUT2D eigenvalue weighted by atomic mass is 10.1. The molecule has 0 aliphatic carbocycles. The molecule has 2 aromatic rings. The van der Waals surface area contributed by atoms with Crippen molar-refractivity contribution in [2.75, 3.05) is 38.7 Å². The maximum Gasteiger partial charge on any atom is 0.112 e. The minimum absolute atomic E-state index is 0.0165. The van der Waals surface area contributed by atoms with Gasteiger partial charge in [0.25, 0.3) is 0 Å². The minimum Gasteiger partial charge on any atom is -0.378 e. The SMILES string of the molecule is Cc1cc(N(C)C)cc([C@H]2CN(Cc3ccnn3C(C)C)CCO2)n1. The molecule has 0 aromatic carbocycles. The van der Waals surface area contributed by atoms with Crippen molar-refractivity contribution in [3.05, 3.63) is 41.5 Å². The average Bonchev–Trinajstić information content (AvgIpc) is 3.03. The van der Waals surface area contributed by atoms with E-state index in [0.29, 0.717) is 6.04 Å². The fourth-order valence-electron chi connectivity index (χ4n) is 3.28. The maximum atomic E-state index is 6.04. The van der Waals surface area contributed by atoms with Crippen molar-refractivity contribution in [1.82, 2.24) is 19.7 Å². The van der Waals surface area contributed by atoms with Gasteiger partial charge in [-0.25, -0.2) is 0 Å². The second kappa shape index (κ2) is 7.54. The topological polar surface area (TPSA) is 46.4 Å². The van der Waals surface area contributed by atoms with Gasteiger partial charge in [-0.1, -0.05) is 0 Å². The third kappa shape index (κ3) is 4.19. The minimum atomic E-state index is 0.0165. The Balaban J connectivity index is 1.74. The molecule has 0 amide bonds. The Morgan fingerprint density at radius 1 is 1.32 bits per heavy atom. The van der Waals surface area contributed by atoms with Crippen molar-refractivity contribution in [3.63, 3.8) is 0 Å². The van der Waals surface area contributed by atoms with Gasteiger partial charge in [0.1, 0.15) is 6.10 Å². The number of morpholine rings is 1. The lowest BCUT2D eigenvalue weighted by Gasteiger charge is -2.33. The lowest BCUT2D eigenvalue weighted by molar-refractivity contribution is -0.0358. The maximum absolute atomic E-state index is 6.04. The molecule has 0 saturated carbocycles. The number of aryl methyl sites for hydroxylation is 1. The predicted octanol–water partition coefficient (Wildman–Crippen LogP) is 2.81. The van der Waals surface area contributed by atoms with Gasteiger partial charge in [0.2, 0.25) is 0 Å². The number of hydrogen-bond donors (Lipinski definition) is 0. The van der Waals surface area contributed by atoms with Crippen molar-refractivity contribution in [3.8, 4) is 0 Å². The molecule has 3 rings (SSSR count). The third-order valence-corrected chi connectivity index (χ3v) is 4.58. The number of aromatic nitrogens is 3. The molecule has 0 unspecified atom stereocenters. The monoisotopic (exact) mass is 343 g/mol. The summed E-state index contributed by atoms with van der Waals surface area (Å²) in [4.78, 5) is 9.27. The molecule has 0 bridgehead atoms. The molecule has 6 nitrogen and oxygen atoms in total. The Morgan fingerprint density at radius 2 is 2.12 bits per heavy atom. The van der Waals surface area contributed by atoms with Crippen LogP contribution in [0.3, 0.4) is 0 Å². The van der Waals surface area contributed by atoms with Crippen LogP contribution in [0.15, 0.2) is 24.4 Å². The van der Waals surface area contributed by atoms with Gasteiger partial charge in [-0.2, -0.15) is 5.10 Å². The smallest absolute Gasteiger partial charge is 0.112 e. The number of anilines is 1. The van der Waals surface area contributed by atoms with E-state index in [2.05, 4.69) is 65.7 Å². The van der Waals surface area contributed by atoms with E-state index in [-0.39, 0.29) is 6.10 Å². The van der Waals surface area contributed by atoms with Crippen molar-refractivity contribution in [1.29, 1.82) is 0 Å². The van der Waals surface area contributed by atoms with Gasteiger partial charge in [0.05, 0.1) is 18.0 Å². The molecule has 1 aliphatic rings. The van der Waals surface area contributed by atoms with E-state index < -0.39 is 0 Å². The number of ether oxygens (including phenoxy) is 1. The molecule has 136 valence electrons. The van der Waals surface area contributed by atoms with Gasteiger partial charge in [-0.3, -0.25) is 14.6 Å². The van der Waals surface area contributed by atoms with Crippen LogP contribution < -0.4 is 4.90 Å². The van der Waals surface area contributed by atoms with E-state index in [4.69, 9.17) is 9.72 Å². The second-order valence-electron chi connectivity index (χ2n) is 7.24. The largest absolute Gasteiger partial charge is 0.378 e. The van der Waals surface area contributed by atoms with Gasteiger partial charge < -0.3 is 9.64 Å². The summed E-state index contributed by atoms with van der Waals surface area (Å²) < 4.78 is 8.13. The standard InChI is InChI=1S/C19H29N5O/c1-14(2)24-16(6-7-20-24)12-23-8-9-25-19(13-23)18-11-17(22(4)5)10-15(3)21-18/h6-7,10-11,14,19H,8-9,12-13H2,1-5H3/t19-/m1/s1. The fourth-order valence-corrected chi connectivity index (χ4v) is 3.28. The Hall–Kier alpha value is -1.92. The predicted molar refractivity (Wildman–Crippen MR) is 99.9 cm³/mol. The zero-order valence-corrected chi connectivity index (χ0v) is 15.9. The highest BCUT2D eigenvalue weighted by Gasteiger charge is 2.24. The van der Waals surface area contributed by atoms with Crippen LogP contribution in [0.1, 0.15) is 43.1 Å². The van der Waals surface area contributed by atoms with Crippen LogP contribution in [0.25, 0.3) is 0 Å². The summed E-state index contributed by atoms with van der Waals surface area (Å²) in [6.45, 7) is 9.78. The molecule has 1 atom stereocenters. The Morgan fingerprint density at radius 3 is 2.84 bits per heavy atom. The summed E-state index contributed by atoms with van der Waals surface area (Å²) in [7, 11) is 4.11. The van der Waals surface area contributed by atoms with Gasteiger partial charge in [-0.15, -0.1) is 0 Å². The first-order valence-corrected chi connectivity index (χ1v) is 8.96. The fraction of sp³-hybridized carbons (Fsp3) is 0.579. The molecule has 6 heteroatoms. The Bertz CT molecular complexity index is 710. The van der Waals surface area contributed by atoms with Crippen molar-refractivity contribution in [2.45, 2.75) is 39.5 Å². The van der Waals surface area contributed by atoms with Crippen LogP contribution >= 0.6 is 0 Å². The number of hydrogen-bond acceptors (Lipinski definition) is 5. The van der Waals surface area contributed by atoms with E-state index in [1.54, 1.807) is 0 Å². The van der Waals surface area contributed by atoms with Crippen LogP contribution in [-0.2, 0) is 11.3 Å². The zero-order chi connectivity index (χ0) is 18.0. The first-order chi connectivity index (χ1) is 11.9. The Labute approximate surface area is 150 Å². The quantitative estimate of drug-likeness (QED) is 0.835. The molecule has 2 aromatic heterocycles. The number of nitrogens with zero attached hydrogens (tertiary/aromatic N) is 5. The van der Waals surface area contributed by atoms with Crippen molar-refractivity contribution >= 4 is 5.69 Å². The highest BCUT2D eigenvalue weighted by atomic mass is 16.5. The van der Waals surface area contributed by atoms with Crippen LogP contribution in [0.5, 0.6) is 0 Å². The molecular formula is C19H29N5O. The van der Waals surface area contributed by atoms with Crippen molar-refractivity contribution < 1.29 is 4.74 Å². The third-order valence-electron chi connectivity index (χ3n) is 4.58. The Kier molecular flexibility index (Phi) is 5.39. The first-order valence-electron chi connectivity index (χ1n) is 8.96. The summed E-state index contributed by atoms with van der Waals surface area (Å²) in [5.41, 5.74) is 4.47. The molecule has 25 heavy (non-hydrogen) atoms. The van der Waals surface area contributed by atoms with E-state index >= 15 is 0 Å². The second-order valence-corrected chi connectivity index (χ2v) is 7.24. The summed E-state index contributed by atoms with van der Waals surface area (Å²) in [6, 6.07) is 6.73. The summed E-state index contributed by atoms with van der Waals surface area (Å²) in [5.74, 6) is 0. The van der Waals surface area contributed by atoms with E-state index in [9.17, 15) is 0 Å². The summed E-state index contributed by atoms with van der Waals surface area (Å²) >= 11 is 0. The molecule has 1 saturated heterocycles. The van der Waals surface area contributed by atoms with Crippen LogP contribution in [-0.4, -0.2) is 53.5 Å². The number of rotatable bonds is 5. The molecule has 3 heterocycles. The molecule has 1 aliphatic heterocycles. The summed E-state index contributed by atoms with van der Waals surface area (Å²) in [5, 5.41) is 4.44. The first kappa shape index (κ1) is 17.9. The van der Waals surface area contributed by atoms with Gasteiger partial charge in [0.15, 0.2) is 0 Å². The molecular weight excluding hydrogens is 314 g/mol. The van der Waals surface area contributed by atoms with Gasteiger partial charge >= 0.3 is 0 Å². The molecule has 0 radical (unpaired) electrons. The average molecular weight is 343 g/mol. The van der Waals surface area contributed by atoms with E-state index in [1.807, 2.05) is 13.1 Å². The van der Waals surface area contributed by atoms with Crippen LogP contribution in [0, 0.1) is 6.92 Å². The molecule has 0 spiro atoms. The normalized spacial score (nSPS) is 18.7. The van der Waals surface area contributed by atoms with E-state index in [0.717, 1.165) is 37.6 Å².